The van der Waals surface area contributed by atoms with Gasteiger partial charge in [-0.2, -0.15) is 0 Å². The van der Waals surface area contributed by atoms with E-state index in [0.717, 1.165) is 17.7 Å². The van der Waals surface area contributed by atoms with Gasteiger partial charge >= 0.3 is 0 Å². The van der Waals surface area contributed by atoms with Crippen LogP contribution in [-0.4, -0.2) is 7.11 Å². The average molecular weight is 326 g/mol. The van der Waals surface area contributed by atoms with Gasteiger partial charge in [0.05, 0.1) is 7.11 Å². The van der Waals surface area contributed by atoms with Crippen molar-refractivity contribution in [2.24, 2.45) is 0 Å². The maximum absolute atomic E-state index is 5.30. The van der Waals surface area contributed by atoms with E-state index in [9.17, 15) is 0 Å². The first-order chi connectivity index (χ1) is 12.3. The molecule has 0 spiro atoms. The molecule has 0 amide bonds. The van der Waals surface area contributed by atoms with Crippen LogP contribution in [0.4, 0.5) is 0 Å². The van der Waals surface area contributed by atoms with Crippen molar-refractivity contribution in [1.29, 1.82) is 0 Å². The first-order valence-corrected chi connectivity index (χ1v) is 8.47. The molecule has 0 saturated carbocycles. The lowest BCUT2D eigenvalue weighted by atomic mass is 10.0. The molecule has 0 heterocycles. The fourth-order valence-corrected chi connectivity index (χ4v) is 2.69. The van der Waals surface area contributed by atoms with Crippen molar-refractivity contribution in [3.05, 3.63) is 114 Å². The monoisotopic (exact) mass is 326 g/mol. The van der Waals surface area contributed by atoms with Crippen LogP contribution in [0, 0.1) is 0 Å². The molecule has 0 aromatic heterocycles. The Hall–Kier alpha value is -3.06. The van der Waals surface area contributed by atoms with E-state index in [1.165, 1.54) is 16.7 Å². The fraction of sp³-hybridized carbons (Fsp3) is 0.0833. The minimum absolute atomic E-state index is 0.872. The standard InChI is InChI=1S/C24H22O/c1-25-24-14-8-11-21(19-24)16-18-23(22-12-6-3-7-13-22)17-15-20-9-4-2-5-10-20/h2-14,16-19H,15H2,1H3/b18-16+,23-17-. The van der Waals surface area contributed by atoms with Crippen LogP contribution in [0.25, 0.3) is 11.6 Å². The molecule has 0 atom stereocenters. The molecule has 0 bridgehead atoms. The lowest BCUT2D eigenvalue weighted by Gasteiger charge is -2.05. The number of hydrogen-bond acceptors (Lipinski definition) is 1. The molecule has 3 aromatic carbocycles. The van der Waals surface area contributed by atoms with Crippen molar-refractivity contribution in [1.82, 2.24) is 0 Å². The highest BCUT2D eigenvalue weighted by Gasteiger charge is 1.99. The maximum Gasteiger partial charge on any atom is 0.119 e. The molecule has 0 fully saturated rings. The molecule has 0 saturated heterocycles. The Morgan fingerprint density at radius 1 is 0.840 bits per heavy atom. The van der Waals surface area contributed by atoms with Gasteiger partial charge in [-0.3, -0.25) is 0 Å². The van der Waals surface area contributed by atoms with E-state index in [1.54, 1.807) is 7.11 Å². The van der Waals surface area contributed by atoms with Gasteiger partial charge in [-0.25, -0.2) is 0 Å². The number of benzene rings is 3. The van der Waals surface area contributed by atoms with Gasteiger partial charge in [0.1, 0.15) is 5.75 Å². The molecule has 3 aromatic rings. The van der Waals surface area contributed by atoms with E-state index < -0.39 is 0 Å². The van der Waals surface area contributed by atoms with Crippen molar-refractivity contribution in [2.75, 3.05) is 7.11 Å². The van der Waals surface area contributed by atoms with Crippen LogP contribution in [-0.2, 0) is 6.42 Å². The largest absolute Gasteiger partial charge is 0.497 e. The summed E-state index contributed by atoms with van der Waals surface area (Å²) < 4.78 is 5.30. The van der Waals surface area contributed by atoms with Crippen LogP contribution in [0.5, 0.6) is 5.75 Å². The predicted molar refractivity (Wildman–Crippen MR) is 107 cm³/mol. The second kappa shape index (κ2) is 8.70. The van der Waals surface area contributed by atoms with Gasteiger partial charge in [-0.1, -0.05) is 91.0 Å². The third-order valence-corrected chi connectivity index (χ3v) is 4.06. The van der Waals surface area contributed by atoms with Crippen molar-refractivity contribution < 1.29 is 4.74 Å². The fourth-order valence-electron chi connectivity index (χ4n) is 2.69. The summed E-state index contributed by atoms with van der Waals surface area (Å²) in [4.78, 5) is 0. The van der Waals surface area contributed by atoms with E-state index >= 15 is 0 Å². The molecule has 0 aliphatic carbocycles. The number of hydrogen-bond donors (Lipinski definition) is 0. The summed E-state index contributed by atoms with van der Waals surface area (Å²) in [6.07, 6.45) is 7.49. The number of rotatable bonds is 6. The maximum atomic E-state index is 5.30. The van der Waals surface area contributed by atoms with E-state index in [1.807, 2.05) is 30.3 Å². The van der Waals surface area contributed by atoms with Crippen molar-refractivity contribution >= 4 is 11.6 Å². The predicted octanol–water partition coefficient (Wildman–Crippen LogP) is 6.03. The van der Waals surface area contributed by atoms with Gasteiger partial charge in [-0.15, -0.1) is 0 Å². The SMILES string of the molecule is COc1cccc(/C=C/C(=C/Cc2ccccc2)c2ccccc2)c1. The Labute approximate surface area is 149 Å². The zero-order chi connectivity index (χ0) is 17.3. The molecule has 0 N–H and O–H groups in total. The van der Waals surface area contributed by atoms with Crippen molar-refractivity contribution in [2.45, 2.75) is 6.42 Å². The average Bonchev–Trinajstić information content (AvgIpc) is 2.69. The smallest absolute Gasteiger partial charge is 0.119 e. The van der Waals surface area contributed by atoms with Crippen LogP contribution < -0.4 is 4.74 Å². The Kier molecular flexibility index (Phi) is 5.84. The summed E-state index contributed by atoms with van der Waals surface area (Å²) in [5.41, 5.74) is 4.87. The molecular formula is C24H22O. The van der Waals surface area contributed by atoms with E-state index in [4.69, 9.17) is 4.74 Å². The summed E-state index contributed by atoms with van der Waals surface area (Å²) in [5, 5.41) is 0. The lowest BCUT2D eigenvalue weighted by molar-refractivity contribution is 0.414. The first-order valence-electron chi connectivity index (χ1n) is 8.47. The van der Waals surface area contributed by atoms with E-state index in [-0.39, 0.29) is 0 Å². The van der Waals surface area contributed by atoms with Crippen LogP contribution in [0.2, 0.25) is 0 Å². The topological polar surface area (TPSA) is 9.23 Å². The molecule has 124 valence electrons. The minimum Gasteiger partial charge on any atom is -0.497 e. The number of ether oxygens (including phenoxy) is 1. The van der Waals surface area contributed by atoms with Crippen LogP contribution in [0.3, 0.4) is 0 Å². The van der Waals surface area contributed by atoms with Gasteiger partial charge in [0, 0.05) is 0 Å². The van der Waals surface area contributed by atoms with E-state index in [0.29, 0.717) is 0 Å². The molecule has 0 radical (unpaired) electrons. The number of allylic oxidation sites excluding steroid dienone is 3. The zero-order valence-corrected chi connectivity index (χ0v) is 14.4. The normalized spacial score (nSPS) is 11.6. The second-order valence-corrected chi connectivity index (χ2v) is 5.83. The van der Waals surface area contributed by atoms with Gasteiger partial charge in [0.2, 0.25) is 0 Å². The molecular weight excluding hydrogens is 304 g/mol. The number of methoxy groups -OCH3 is 1. The highest BCUT2D eigenvalue weighted by molar-refractivity contribution is 5.79. The second-order valence-electron chi connectivity index (χ2n) is 5.83. The van der Waals surface area contributed by atoms with Gasteiger partial charge in [0.25, 0.3) is 0 Å². The van der Waals surface area contributed by atoms with Crippen LogP contribution in [0.1, 0.15) is 16.7 Å². The Morgan fingerprint density at radius 2 is 1.56 bits per heavy atom. The molecule has 0 aliphatic rings. The summed E-state index contributed by atoms with van der Waals surface area (Å²) >= 11 is 0. The van der Waals surface area contributed by atoms with Gasteiger partial charge in [-0.05, 0) is 40.8 Å². The Bertz CT molecular complexity index is 846. The first kappa shape index (κ1) is 16.8. The summed E-state index contributed by atoms with van der Waals surface area (Å²) in [5.74, 6) is 0.872. The van der Waals surface area contributed by atoms with E-state index in [2.05, 4.69) is 72.8 Å². The third-order valence-electron chi connectivity index (χ3n) is 4.06. The zero-order valence-electron chi connectivity index (χ0n) is 14.4. The highest BCUT2D eigenvalue weighted by Crippen LogP contribution is 2.20. The molecule has 0 unspecified atom stereocenters. The molecule has 0 aliphatic heterocycles. The molecule has 25 heavy (non-hydrogen) atoms. The Balaban J connectivity index is 1.87. The summed E-state index contributed by atoms with van der Waals surface area (Å²) in [6.45, 7) is 0. The third kappa shape index (κ3) is 4.95. The van der Waals surface area contributed by atoms with Crippen molar-refractivity contribution in [3.8, 4) is 5.75 Å². The molecule has 3 rings (SSSR count). The summed E-state index contributed by atoms with van der Waals surface area (Å²) in [7, 11) is 1.69. The van der Waals surface area contributed by atoms with Crippen LogP contribution >= 0.6 is 0 Å². The Morgan fingerprint density at radius 3 is 2.28 bits per heavy atom. The van der Waals surface area contributed by atoms with Crippen LogP contribution in [0.15, 0.2) is 97.1 Å². The minimum atomic E-state index is 0.872. The quantitative estimate of drug-likeness (QED) is 0.502. The molecule has 1 nitrogen and oxygen atoms in total. The van der Waals surface area contributed by atoms with Crippen molar-refractivity contribution in [3.63, 3.8) is 0 Å². The lowest BCUT2D eigenvalue weighted by Crippen LogP contribution is -1.85. The highest BCUT2D eigenvalue weighted by atomic mass is 16.5. The van der Waals surface area contributed by atoms with Gasteiger partial charge < -0.3 is 4.74 Å². The van der Waals surface area contributed by atoms with Gasteiger partial charge in [0.15, 0.2) is 0 Å². The summed E-state index contributed by atoms with van der Waals surface area (Å²) in [6, 6.07) is 29.1. The molecule has 1 heteroatoms.